The third kappa shape index (κ3) is 3.64. The number of nitrogens with zero attached hydrogens (tertiary/aromatic N) is 3. The molecule has 0 aliphatic carbocycles. The van der Waals surface area contributed by atoms with Crippen LogP contribution in [0.25, 0.3) is 10.2 Å². The van der Waals surface area contributed by atoms with Crippen molar-refractivity contribution in [2.75, 3.05) is 11.9 Å². The van der Waals surface area contributed by atoms with Crippen molar-refractivity contribution < 1.29 is 18.8 Å². The molecule has 9 nitrogen and oxygen atoms in total. The van der Waals surface area contributed by atoms with Crippen molar-refractivity contribution in [1.29, 1.82) is 0 Å². The van der Waals surface area contributed by atoms with Crippen LogP contribution in [-0.4, -0.2) is 33.2 Å². The van der Waals surface area contributed by atoms with Crippen LogP contribution in [0, 0.1) is 20.8 Å². The van der Waals surface area contributed by atoms with Crippen molar-refractivity contribution >= 4 is 39.2 Å². The van der Waals surface area contributed by atoms with Crippen molar-refractivity contribution in [1.82, 2.24) is 14.7 Å². The summed E-state index contributed by atoms with van der Waals surface area (Å²) in [6.07, 6.45) is 1.31. The molecule has 3 aromatic heterocycles. The lowest BCUT2D eigenvalue weighted by atomic mass is 10.2. The molecule has 0 radical (unpaired) electrons. The third-order valence-electron chi connectivity index (χ3n) is 3.71. The standard InChI is InChI=1S/C16H16N4O5S/c1-8-4-11(19-25-8)18-12(21)6-24-13(22)5-20-7-17-15-14(16(20)23)9(2)10(3)26-15/h4,7H,5-6H2,1-3H3,(H,18,19,21). The SMILES string of the molecule is Cc1cc(NC(=O)COC(=O)Cn2cnc3sc(C)c(C)c3c2=O)no1. The van der Waals surface area contributed by atoms with Crippen molar-refractivity contribution in [3.8, 4) is 0 Å². The number of aryl methyl sites for hydroxylation is 3. The average Bonchev–Trinajstić information content (AvgIpc) is 3.12. The van der Waals surface area contributed by atoms with Crippen LogP contribution in [-0.2, 0) is 20.9 Å². The highest BCUT2D eigenvalue weighted by molar-refractivity contribution is 7.18. The lowest BCUT2D eigenvalue weighted by molar-refractivity contribution is -0.147. The van der Waals surface area contributed by atoms with Crippen molar-refractivity contribution in [3.05, 3.63) is 38.9 Å². The number of fused-ring (bicyclic) bond motifs is 1. The van der Waals surface area contributed by atoms with Gasteiger partial charge in [0.25, 0.3) is 11.5 Å². The summed E-state index contributed by atoms with van der Waals surface area (Å²) in [5.41, 5.74) is 0.545. The zero-order valence-electron chi connectivity index (χ0n) is 14.4. The van der Waals surface area contributed by atoms with E-state index in [1.54, 1.807) is 6.92 Å². The fraction of sp³-hybridized carbons (Fsp3) is 0.312. The van der Waals surface area contributed by atoms with Crippen LogP contribution in [0.5, 0.6) is 0 Å². The van der Waals surface area contributed by atoms with E-state index in [0.717, 1.165) is 10.4 Å². The molecule has 0 aliphatic rings. The van der Waals surface area contributed by atoms with Crippen LogP contribution in [0.15, 0.2) is 21.7 Å². The Bertz CT molecular complexity index is 1050. The fourth-order valence-electron chi connectivity index (χ4n) is 2.32. The number of thiophene rings is 1. The molecule has 0 saturated carbocycles. The number of amides is 1. The van der Waals surface area contributed by atoms with E-state index in [-0.39, 0.29) is 17.9 Å². The number of hydrogen-bond acceptors (Lipinski definition) is 8. The van der Waals surface area contributed by atoms with E-state index in [1.165, 1.54) is 28.3 Å². The van der Waals surface area contributed by atoms with Gasteiger partial charge in [-0.15, -0.1) is 11.3 Å². The Labute approximate surface area is 151 Å². The summed E-state index contributed by atoms with van der Waals surface area (Å²) in [6.45, 7) is 4.62. The van der Waals surface area contributed by atoms with Gasteiger partial charge in [0.1, 0.15) is 17.1 Å². The molecule has 0 aliphatic heterocycles. The van der Waals surface area contributed by atoms with Crippen LogP contribution >= 0.6 is 11.3 Å². The first kappa shape index (κ1) is 17.8. The summed E-state index contributed by atoms with van der Waals surface area (Å²) in [7, 11) is 0. The average molecular weight is 376 g/mol. The Kier molecular flexibility index (Phi) is 4.85. The first-order chi connectivity index (χ1) is 12.3. The molecule has 0 spiro atoms. The third-order valence-corrected chi connectivity index (χ3v) is 4.83. The number of carbonyl (C=O) groups excluding carboxylic acids is 2. The van der Waals surface area contributed by atoms with E-state index in [9.17, 15) is 14.4 Å². The maximum absolute atomic E-state index is 12.5. The van der Waals surface area contributed by atoms with Gasteiger partial charge in [-0.1, -0.05) is 5.16 Å². The molecule has 136 valence electrons. The highest BCUT2D eigenvalue weighted by atomic mass is 32.1. The van der Waals surface area contributed by atoms with Gasteiger partial charge in [-0.25, -0.2) is 4.98 Å². The van der Waals surface area contributed by atoms with E-state index in [4.69, 9.17) is 9.26 Å². The second-order valence-electron chi connectivity index (χ2n) is 5.67. The Hall–Kier alpha value is -3.01. The number of ether oxygens (including phenoxy) is 1. The summed E-state index contributed by atoms with van der Waals surface area (Å²) < 4.78 is 10.9. The quantitative estimate of drug-likeness (QED) is 0.672. The largest absolute Gasteiger partial charge is 0.454 e. The predicted molar refractivity (Wildman–Crippen MR) is 94.2 cm³/mol. The van der Waals surface area contributed by atoms with Crippen molar-refractivity contribution in [2.24, 2.45) is 0 Å². The lowest BCUT2D eigenvalue weighted by Crippen LogP contribution is -2.28. The highest BCUT2D eigenvalue weighted by Gasteiger charge is 2.15. The first-order valence-electron chi connectivity index (χ1n) is 7.69. The highest BCUT2D eigenvalue weighted by Crippen LogP contribution is 2.25. The molecule has 1 amide bonds. The van der Waals surface area contributed by atoms with Gasteiger partial charge in [0.15, 0.2) is 12.4 Å². The molecular weight excluding hydrogens is 360 g/mol. The minimum absolute atomic E-state index is 0.234. The maximum atomic E-state index is 12.5. The minimum Gasteiger partial charge on any atom is -0.454 e. The van der Waals surface area contributed by atoms with E-state index in [2.05, 4.69) is 15.5 Å². The molecule has 0 fully saturated rings. The van der Waals surface area contributed by atoms with E-state index in [0.29, 0.717) is 16.0 Å². The van der Waals surface area contributed by atoms with Gasteiger partial charge in [0.05, 0.1) is 11.7 Å². The molecule has 0 unspecified atom stereocenters. The second-order valence-corrected chi connectivity index (χ2v) is 6.88. The van der Waals surface area contributed by atoms with Crippen molar-refractivity contribution in [3.63, 3.8) is 0 Å². The number of nitrogens with one attached hydrogen (secondary N) is 1. The maximum Gasteiger partial charge on any atom is 0.326 e. The molecule has 26 heavy (non-hydrogen) atoms. The number of aromatic nitrogens is 3. The smallest absolute Gasteiger partial charge is 0.326 e. The van der Waals surface area contributed by atoms with Gasteiger partial charge in [-0.3, -0.25) is 19.0 Å². The zero-order chi connectivity index (χ0) is 18.8. The molecule has 0 aromatic carbocycles. The number of esters is 1. The Morgan fingerprint density at radius 3 is 2.81 bits per heavy atom. The normalized spacial score (nSPS) is 10.9. The summed E-state index contributed by atoms with van der Waals surface area (Å²) in [4.78, 5) is 42.0. The van der Waals surface area contributed by atoms with Gasteiger partial charge >= 0.3 is 5.97 Å². The van der Waals surface area contributed by atoms with E-state index in [1.807, 2.05) is 13.8 Å². The van der Waals surface area contributed by atoms with Crippen LogP contribution in [0.1, 0.15) is 16.2 Å². The number of hydrogen-bond donors (Lipinski definition) is 1. The molecule has 3 heterocycles. The summed E-state index contributed by atoms with van der Waals surface area (Å²) in [5, 5.41) is 6.53. The van der Waals surface area contributed by atoms with Gasteiger partial charge in [0, 0.05) is 10.9 Å². The van der Waals surface area contributed by atoms with Gasteiger partial charge < -0.3 is 14.6 Å². The predicted octanol–water partition coefficient (Wildman–Crippen LogP) is 1.55. The van der Waals surface area contributed by atoms with Gasteiger partial charge in [-0.05, 0) is 26.3 Å². The topological polar surface area (TPSA) is 116 Å². The van der Waals surface area contributed by atoms with Gasteiger partial charge in [0.2, 0.25) is 0 Å². The Morgan fingerprint density at radius 1 is 1.35 bits per heavy atom. The summed E-state index contributed by atoms with van der Waals surface area (Å²) >= 11 is 1.43. The van der Waals surface area contributed by atoms with Crippen molar-refractivity contribution in [2.45, 2.75) is 27.3 Å². The van der Waals surface area contributed by atoms with E-state index < -0.39 is 18.5 Å². The second kappa shape index (κ2) is 7.08. The molecule has 0 bridgehead atoms. The minimum atomic E-state index is -0.718. The van der Waals surface area contributed by atoms with Crippen LogP contribution in [0.2, 0.25) is 0 Å². The van der Waals surface area contributed by atoms with Crippen LogP contribution in [0.3, 0.4) is 0 Å². The summed E-state index contributed by atoms with van der Waals surface area (Å²) in [6, 6.07) is 1.53. The Balaban J connectivity index is 1.62. The molecule has 3 rings (SSSR count). The zero-order valence-corrected chi connectivity index (χ0v) is 15.2. The first-order valence-corrected chi connectivity index (χ1v) is 8.50. The Morgan fingerprint density at radius 2 is 2.12 bits per heavy atom. The number of anilines is 1. The molecular formula is C16H16N4O5S. The fourth-order valence-corrected chi connectivity index (χ4v) is 3.31. The molecule has 1 N–H and O–H groups in total. The lowest BCUT2D eigenvalue weighted by Gasteiger charge is -2.06. The van der Waals surface area contributed by atoms with Crippen LogP contribution in [0.4, 0.5) is 5.82 Å². The van der Waals surface area contributed by atoms with Gasteiger partial charge in [-0.2, -0.15) is 0 Å². The summed E-state index contributed by atoms with van der Waals surface area (Å²) in [5.74, 6) is -0.502. The number of carbonyl (C=O) groups is 2. The van der Waals surface area contributed by atoms with E-state index >= 15 is 0 Å². The monoisotopic (exact) mass is 376 g/mol. The molecule has 0 saturated heterocycles. The van der Waals surface area contributed by atoms with Crippen LogP contribution < -0.4 is 10.9 Å². The molecule has 10 heteroatoms. The molecule has 0 atom stereocenters. The number of rotatable bonds is 5. The molecule has 3 aromatic rings.